The molecule has 0 fully saturated rings. The van der Waals surface area contributed by atoms with Crippen LogP contribution in [0.4, 0.5) is 13.2 Å². The van der Waals surface area contributed by atoms with Gasteiger partial charge in [0.15, 0.2) is 0 Å². The van der Waals surface area contributed by atoms with E-state index in [-0.39, 0.29) is 23.7 Å². The van der Waals surface area contributed by atoms with Gasteiger partial charge in [-0.25, -0.2) is 0 Å². The molecule has 0 unspecified atom stereocenters. The van der Waals surface area contributed by atoms with Crippen molar-refractivity contribution in [3.05, 3.63) is 23.8 Å². The number of nitrogens with two attached hydrogens (primary N) is 1. The molecule has 0 radical (unpaired) electrons. The van der Waals surface area contributed by atoms with Crippen molar-refractivity contribution < 1.29 is 22.6 Å². The molecule has 2 N–H and O–H groups in total. The molecule has 98 valence electrons. The predicted octanol–water partition coefficient (Wildman–Crippen LogP) is 2.69. The van der Waals surface area contributed by atoms with Crippen LogP contribution in [-0.4, -0.2) is 20.4 Å². The van der Waals surface area contributed by atoms with Gasteiger partial charge in [0.2, 0.25) is 0 Å². The van der Waals surface area contributed by atoms with Gasteiger partial charge >= 0.3 is 6.18 Å². The van der Waals surface area contributed by atoms with E-state index in [0.29, 0.717) is 5.75 Å². The van der Waals surface area contributed by atoms with E-state index in [1.165, 1.54) is 32.4 Å². The SMILES string of the molecule is COc1ccc(OC)c([C@@H](N)C(F)(F)F)c1.Cl. The van der Waals surface area contributed by atoms with E-state index in [0.717, 1.165) is 0 Å². The Balaban J connectivity index is 0.00000256. The molecule has 1 aromatic rings. The molecule has 0 amide bonds. The number of benzene rings is 1. The summed E-state index contributed by atoms with van der Waals surface area (Å²) in [5, 5.41) is 0. The van der Waals surface area contributed by atoms with Crippen LogP contribution >= 0.6 is 12.4 Å². The van der Waals surface area contributed by atoms with Crippen LogP contribution < -0.4 is 15.2 Å². The van der Waals surface area contributed by atoms with Crippen molar-refractivity contribution in [2.75, 3.05) is 14.2 Å². The molecule has 17 heavy (non-hydrogen) atoms. The molecular weight excluding hydrogens is 259 g/mol. The van der Waals surface area contributed by atoms with Gasteiger partial charge in [-0.15, -0.1) is 12.4 Å². The number of hydrogen-bond acceptors (Lipinski definition) is 3. The third-order valence-corrected chi connectivity index (χ3v) is 2.12. The Bertz CT molecular complexity index is 371. The fourth-order valence-corrected chi connectivity index (χ4v) is 1.26. The minimum absolute atomic E-state index is 0. The Morgan fingerprint density at radius 1 is 1.18 bits per heavy atom. The van der Waals surface area contributed by atoms with E-state index < -0.39 is 12.2 Å². The first kappa shape index (κ1) is 15.9. The molecular formula is C10H13ClF3NO2. The minimum Gasteiger partial charge on any atom is -0.497 e. The van der Waals surface area contributed by atoms with Crippen molar-refractivity contribution in [2.24, 2.45) is 5.73 Å². The normalized spacial score (nSPS) is 12.6. The van der Waals surface area contributed by atoms with Crippen molar-refractivity contribution in [3.63, 3.8) is 0 Å². The molecule has 1 atom stereocenters. The Morgan fingerprint density at radius 3 is 2.18 bits per heavy atom. The second-order valence-corrected chi connectivity index (χ2v) is 3.13. The van der Waals surface area contributed by atoms with E-state index >= 15 is 0 Å². The van der Waals surface area contributed by atoms with Gasteiger partial charge in [0.05, 0.1) is 14.2 Å². The number of ether oxygens (including phenoxy) is 2. The first-order chi connectivity index (χ1) is 7.40. The number of methoxy groups -OCH3 is 2. The highest BCUT2D eigenvalue weighted by molar-refractivity contribution is 5.85. The molecule has 1 aromatic carbocycles. The average Bonchev–Trinajstić information content (AvgIpc) is 2.25. The quantitative estimate of drug-likeness (QED) is 0.919. The molecule has 0 saturated carbocycles. The number of rotatable bonds is 3. The van der Waals surface area contributed by atoms with Crippen molar-refractivity contribution in [3.8, 4) is 11.5 Å². The lowest BCUT2D eigenvalue weighted by Gasteiger charge is -2.19. The summed E-state index contributed by atoms with van der Waals surface area (Å²) in [5.41, 5.74) is 4.97. The van der Waals surface area contributed by atoms with Gasteiger partial charge in [0.1, 0.15) is 17.5 Å². The number of halogens is 4. The van der Waals surface area contributed by atoms with Crippen molar-refractivity contribution >= 4 is 12.4 Å². The van der Waals surface area contributed by atoms with Gasteiger partial charge in [-0.3, -0.25) is 0 Å². The fraction of sp³-hybridized carbons (Fsp3) is 0.400. The van der Waals surface area contributed by atoms with Crippen LogP contribution in [0.3, 0.4) is 0 Å². The highest BCUT2D eigenvalue weighted by Gasteiger charge is 2.39. The molecule has 0 heterocycles. The maximum absolute atomic E-state index is 12.5. The van der Waals surface area contributed by atoms with Crippen LogP contribution in [0.2, 0.25) is 0 Å². The molecule has 0 aliphatic heterocycles. The molecule has 0 aliphatic carbocycles. The van der Waals surface area contributed by atoms with E-state index in [1.807, 2.05) is 0 Å². The van der Waals surface area contributed by atoms with Gasteiger partial charge in [-0.1, -0.05) is 0 Å². The Morgan fingerprint density at radius 2 is 1.76 bits per heavy atom. The van der Waals surface area contributed by atoms with Crippen LogP contribution in [0.15, 0.2) is 18.2 Å². The molecule has 0 spiro atoms. The molecule has 0 aliphatic rings. The Labute approximate surface area is 103 Å². The lowest BCUT2D eigenvalue weighted by atomic mass is 10.1. The molecule has 0 aromatic heterocycles. The lowest BCUT2D eigenvalue weighted by Crippen LogP contribution is -2.28. The van der Waals surface area contributed by atoms with Gasteiger partial charge < -0.3 is 15.2 Å². The number of hydrogen-bond donors (Lipinski definition) is 1. The van der Waals surface area contributed by atoms with Crippen LogP contribution in [0, 0.1) is 0 Å². The zero-order valence-electron chi connectivity index (χ0n) is 9.25. The fourth-order valence-electron chi connectivity index (χ4n) is 1.26. The predicted molar refractivity (Wildman–Crippen MR) is 59.8 cm³/mol. The monoisotopic (exact) mass is 271 g/mol. The maximum atomic E-state index is 12.5. The zero-order valence-corrected chi connectivity index (χ0v) is 10.1. The molecule has 1 rings (SSSR count). The highest BCUT2D eigenvalue weighted by Crippen LogP contribution is 2.37. The third kappa shape index (κ3) is 3.67. The topological polar surface area (TPSA) is 44.5 Å². The minimum atomic E-state index is -4.51. The molecule has 0 saturated heterocycles. The van der Waals surface area contributed by atoms with Gasteiger partial charge in [-0.05, 0) is 18.2 Å². The summed E-state index contributed by atoms with van der Waals surface area (Å²) in [4.78, 5) is 0. The summed E-state index contributed by atoms with van der Waals surface area (Å²) in [6, 6.07) is 2.03. The largest absolute Gasteiger partial charge is 0.497 e. The van der Waals surface area contributed by atoms with Crippen LogP contribution in [0.5, 0.6) is 11.5 Å². The molecule has 3 nitrogen and oxygen atoms in total. The highest BCUT2D eigenvalue weighted by atomic mass is 35.5. The number of alkyl halides is 3. The van der Waals surface area contributed by atoms with Crippen molar-refractivity contribution in [1.82, 2.24) is 0 Å². The summed E-state index contributed by atoms with van der Waals surface area (Å²) < 4.78 is 47.1. The van der Waals surface area contributed by atoms with Crippen LogP contribution in [-0.2, 0) is 0 Å². The van der Waals surface area contributed by atoms with Crippen LogP contribution in [0.1, 0.15) is 11.6 Å². The Kier molecular flexibility index (Phi) is 5.57. The maximum Gasteiger partial charge on any atom is 0.407 e. The second kappa shape index (κ2) is 5.97. The first-order valence-electron chi connectivity index (χ1n) is 4.44. The summed E-state index contributed by atoms with van der Waals surface area (Å²) in [6.07, 6.45) is -4.51. The van der Waals surface area contributed by atoms with Gasteiger partial charge in [-0.2, -0.15) is 13.2 Å². The van der Waals surface area contributed by atoms with Crippen molar-refractivity contribution in [2.45, 2.75) is 12.2 Å². The summed E-state index contributed by atoms with van der Waals surface area (Å²) in [5.74, 6) is 0.390. The average molecular weight is 272 g/mol. The van der Waals surface area contributed by atoms with E-state index in [9.17, 15) is 13.2 Å². The molecule has 0 bridgehead atoms. The third-order valence-electron chi connectivity index (χ3n) is 2.12. The summed E-state index contributed by atoms with van der Waals surface area (Å²) in [6.45, 7) is 0. The smallest absolute Gasteiger partial charge is 0.407 e. The first-order valence-corrected chi connectivity index (χ1v) is 4.44. The van der Waals surface area contributed by atoms with Gasteiger partial charge in [0, 0.05) is 5.56 Å². The molecule has 7 heteroatoms. The van der Waals surface area contributed by atoms with Crippen LogP contribution in [0.25, 0.3) is 0 Å². The van der Waals surface area contributed by atoms with E-state index in [1.54, 1.807) is 0 Å². The Hall–Kier alpha value is -1.14. The van der Waals surface area contributed by atoms with E-state index in [2.05, 4.69) is 0 Å². The zero-order chi connectivity index (χ0) is 12.3. The van der Waals surface area contributed by atoms with Gasteiger partial charge in [0.25, 0.3) is 0 Å². The summed E-state index contributed by atoms with van der Waals surface area (Å²) >= 11 is 0. The second-order valence-electron chi connectivity index (χ2n) is 3.13. The standard InChI is InChI=1S/C10H12F3NO2.ClH/c1-15-6-3-4-8(16-2)7(5-6)9(14)10(11,12)13;/h3-5,9H,14H2,1-2H3;1H/t9-;/m1./s1. The van der Waals surface area contributed by atoms with E-state index in [4.69, 9.17) is 15.2 Å². The lowest BCUT2D eigenvalue weighted by molar-refractivity contribution is -0.149. The van der Waals surface area contributed by atoms with Crippen molar-refractivity contribution in [1.29, 1.82) is 0 Å². The summed E-state index contributed by atoms with van der Waals surface area (Å²) in [7, 11) is 2.65.